The van der Waals surface area contributed by atoms with Crippen molar-refractivity contribution in [2.45, 2.75) is 12.8 Å². The SMILES string of the molecule is CNCCNC(=O)CCc1cccc(Br)c1. The quantitative estimate of drug-likeness (QED) is 0.781. The highest BCUT2D eigenvalue weighted by Crippen LogP contribution is 2.12. The summed E-state index contributed by atoms with van der Waals surface area (Å²) in [5, 5.41) is 5.84. The Hall–Kier alpha value is -0.870. The smallest absolute Gasteiger partial charge is 0.220 e. The largest absolute Gasteiger partial charge is 0.355 e. The molecule has 1 aromatic carbocycles. The maximum absolute atomic E-state index is 11.4. The van der Waals surface area contributed by atoms with Crippen LogP contribution in [0.15, 0.2) is 28.7 Å². The molecule has 0 unspecified atom stereocenters. The van der Waals surface area contributed by atoms with Crippen LogP contribution in [0, 0.1) is 0 Å². The van der Waals surface area contributed by atoms with Crippen molar-refractivity contribution in [3.05, 3.63) is 34.3 Å². The van der Waals surface area contributed by atoms with E-state index < -0.39 is 0 Å². The van der Waals surface area contributed by atoms with Crippen LogP contribution in [0.25, 0.3) is 0 Å². The van der Waals surface area contributed by atoms with Gasteiger partial charge in [-0.25, -0.2) is 0 Å². The second-order valence-corrected chi connectivity index (χ2v) is 4.50. The Balaban J connectivity index is 2.26. The second kappa shape index (κ2) is 7.41. The zero-order chi connectivity index (χ0) is 11.8. The zero-order valence-electron chi connectivity index (χ0n) is 9.42. The summed E-state index contributed by atoms with van der Waals surface area (Å²) in [7, 11) is 1.87. The normalized spacial score (nSPS) is 10.1. The van der Waals surface area contributed by atoms with Gasteiger partial charge in [0.2, 0.25) is 5.91 Å². The summed E-state index contributed by atoms with van der Waals surface area (Å²) in [6.07, 6.45) is 1.32. The Labute approximate surface area is 105 Å². The number of aryl methyl sites for hydroxylation is 1. The molecule has 0 spiro atoms. The van der Waals surface area contributed by atoms with Gasteiger partial charge in [0.25, 0.3) is 0 Å². The Morgan fingerprint density at radius 1 is 1.38 bits per heavy atom. The van der Waals surface area contributed by atoms with Gasteiger partial charge >= 0.3 is 0 Å². The van der Waals surface area contributed by atoms with Crippen molar-refractivity contribution in [1.29, 1.82) is 0 Å². The van der Waals surface area contributed by atoms with Gasteiger partial charge < -0.3 is 10.6 Å². The number of halogens is 1. The van der Waals surface area contributed by atoms with E-state index in [4.69, 9.17) is 0 Å². The van der Waals surface area contributed by atoms with Crippen molar-refractivity contribution in [2.75, 3.05) is 20.1 Å². The zero-order valence-corrected chi connectivity index (χ0v) is 11.0. The topological polar surface area (TPSA) is 41.1 Å². The third-order valence-electron chi connectivity index (χ3n) is 2.23. The fraction of sp³-hybridized carbons (Fsp3) is 0.417. The lowest BCUT2D eigenvalue weighted by molar-refractivity contribution is -0.121. The van der Waals surface area contributed by atoms with Crippen molar-refractivity contribution in [3.8, 4) is 0 Å². The van der Waals surface area contributed by atoms with Crippen molar-refractivity contribution in [2.24, 2.45) is 0 Å². The number of likely N-dealkylation sites (N-methyl/N-ethyl adjacent to an activating group) is 1. The van der Waals surface area contributed by atoms with Gasteiger partial charge in [-0.1, -0.05) is 28.1 Å². The van der Waals surface area contributed by atoms with Crippen LogP contribution in [0.2, 0.25) is 0 Å². The molecule has 0 aromatic heterocycles. The summed E-state index contributed by atoms with van der Waals surface area (Å²) in [4.78, 5) is 11.4. The van der Waals surface area contributed by atoms with Gasteiger partial charge in [0.15, 0.2) is 0 Å². The standard InChI is InChI=1S/C12H17BrN2O/c1-14-7-8-15-12(16)6-5-10-3-2-4-11(13)9-10/h2-4,9,14H,5-8H2,1H3,(H,15,16). The summed E-state index contributed by atoms with van der Waals surface area (Å²) in [5.41, 5.74) is 1.18. The molecule has 0 saturated heterocycles. The van der Waals surface area contributed by atoms with Crippen LogP contribution in [0.5, 0.6) is 0 Å². The van der Waals surface area contributed by atoms with E-state index in [1.807, 2.05) is 31.3 Å². The van der Waals surface area contributed by atoms with E-state index in [1.165, 1.54) is 5.56 Å². The van der Waals surface area contributed by atoms with E-state index in [0.717, 1.165) is 17.4 Å². The van der Waals surface area contributed by atoms with Crippen molar-refractivity contribution < 1.29 is 4.79 Å². The lowest BCUT2D eigenvalue weighted by Crippen LogP contribution is -2.30. The van der Waals surface area contributed by atoms with Gasteiger partial charge in [0.1, 0.15) is 0 Å². The van der Waals surface area contributed by atoms with E-state index in [9.17, 15) is 4.79 Å². The van der Waals surface area contributed by atoms with Crippen LogP contribution in [-0.2, 0) is 11.2 Å². The summed E-state index contributed by atoms with van der Waals surface area (Å²) in [6.45, 7) is 1.50. The summed E-state index contributed by atoms with van der Waals surface area (Å²) < 4.78 is 1.06. The van der Waals surface area contributed by atoms with E-state index in [-0.39, 0.29) is 5.91 Å². The molecule has 1 amide bonds. The Bertz CT molecular complexity index is 342. The second-order valence-electron chi connectivity index (χ2n) is 3.58. The molecule has 0 aliphatic heterocycles. The molecule has 0 radical (unpaired) electrons. The van der Waals surface area contributed by atoms with Crippen molar-refractivity contribution in [1.82, 2.24) is 10.6 Å². The molecule has 0 aliphatic carbocycles. The average molecular weight is 285 g/mol. The summed E-state index contributed by atoms with van der Waals surface area (Å²) in [6, 6.07) is 8.04. The Morgan fingerprint density at radius 3 is 2.88 bits per heavy atom. The molecule has 3 nitrogen and oxygen atoms in total. The van der Waals surface area contributed by atoms with E-state index in [2.05, 4.69) is 26.6 Å². The van der Waals surface area contributed by atoms with Gasteiger partial charge in [0, 0.05) is 24.0 Å². The highest BCUT2D eigenvalue weighted by Gasteiger charge is 2.01. The molecule has 0 bridgehead atoms. The third kappa shape index (κ3) is 5.28. The number of hydrogen-bond donors (Lipinski definition) is 2. The number of benzene rings is 1. The number of carbonyl (C=O) groups is 1. The third-order valence-corrected chi connectivity index (χ3v) is 2.72. The Kier molecular flexibility index (Phi) is 6.11. The molecule has 16 heavy (non-hydrogen) atoms. The number of rotatable bonds is 6. The van der Waals surface area contributed by atoms with Gasteiger partial charge in [-0.2, -0.15) is 0 Å². The lowest BCUT2D eigenvalue weighted by Gasteiger charge is -2.05. The molecular formula is C12H17BrN2O. The van der Waals surface area contributed by atoms with Crippen molar-refractivity contribution in [3.63, 3.8) is 0 Å². The predicted molar refractivity (Wildman–Crippen MR) is 69.4 cm³/mol. The number of carbonyl (C=O) groups excluding carboxylic acids is 1. The molecule has 1 aromatic rings. The molecule has 88 valence electrons. The Morgan fingerprint density at radius 2 is 2.19 bits per heavy atom. The molecule has 1 rings (SSSR count). The first-order chi connectivity index (χ1) is 7.72. The molecule has 2 N–H and O–H groups in total. The van der Waals surface area contributed by atoms with Crippen LogP contribution in [0.1, 0.15) is 12.0 Å². The number of hydrogen-bond acceptors (Lipinski definition) is 2. The summed E-state index contributed by atoms with van der Waals surface area (Å²) in [5.74, 6) is 0.107. The van der Waals surface area contributed by atoms with Gasteiger partial charge in [-0.15, -0.1) is 0 Å². The summed E-state index contributed by atoms with van der Waals surface area (Å²) >= 11 is 3.41. The van der Waals surface area contributed by atoms with Crippen LogP contribution in [-0.4, -0.2) is 26.0 Å². The van der Waals surface area contributed by atoms with Crippen LogP contribution >= 0.6 is 15.9 Å². The fourth-order valence-corrected chi connectivity index (χ4v) is 1.81. The molecule has 0 saturated carbocycles. The lowest BCUT2D eigenvalue weighted by atomic mass is 10.1. The minimum atomic E-state index is 0.107. The molecule has 4 heteroatoms. The number of nitrogens with one attached hydrogen (secondary N) is 2. The first kappa shape index (κ1) is 13.2. The van der Waals surface area contributed by atoms with Crippen LogP contribution < -0.4 is 10.6 Å². The fourth-order valence-electron chi connectivity index (χ4n) is 1.37. The maximum atomic E-state index is 11.4. The molecular weight excluding hydrogens is 268 g/mol. The van der Waals surface area contributed by atoms with Crippen molar-refractivity contribution >= 4 is 21.8 Å². The monoisotopic (exact) mass is 284 g/mol. The highest BCUT2D eigenvalue weighted by molar-refractivity contribution is 9.10. The van der Waals surface area contributed by atoms with E-state index in [0.29, 0.717) is 13.0 Å². The van der Waals surface area contributed by atoms with E-state index in [1.54, 1.807) is 0 Å². The molecule has 0 heterocycles. The molecule has 0 fully saturated rings. The number of amides is 1. The molecule has 0 aliphatic rings. The van der Waals surface area contributed by atoms with Gasteiger partial charge in [0.05, 0.1) is 0 Å². The minimum absolute atomic E-state index is 0.107. The van der Waals surface area contributed by atoms with Crippen LogP contribution in [0.3, 0.4) is 0 Å². The predicted octanol–water partition coefficient (Wildman–Crippen LogP) is 1.72. The average Bonchev–Trinajstić information content (AvgIpc) is 2.27. The maximum Gasteiger partial charge on any atom is 0.220 e. The highest BCUT2D eigenvalue weighted by atomic mass is 79.9. The van der Waals surface area contributed by atoms with Crippen LogP contribution in [0.4, 0.5) is 0 Å². The molecule has 0 atom stereocenters. The first-order valence-electron chi connectivity index (χ1n) is 5.38. The first-order valence-corrected chi connectivity index (χ1v) is 6.17. The minimum Gasteiger partial charge on any atom is -0.355 e. The van der Waals surface area contributed by atoms with Gasteiger partial charge in [-0.3, -0.25) is 4.79 Å². The van der Waals surface area contributed by atoms with E-state index >= 15 is 0 Å². The van der Waals surface area contributed by atoms with Gasteiger partial charge in [-0.05, 0) is 31.2 Å².